The second-order valence-electron chi connectivity index (χ2n) is 9.05. The molecular weight excluding hydrogens is 501 g/mol. The third kappa shape index (κ3) is 8.71. The number of aromatic nitrogens is 2. The van der Waals surface area contributed by atoms with Gasteiger partial charge in [0.25, 0.3) is 0 Å². The minimum atomic E-state index is -4.38. The van der Waals surface area contributed by atoms with E-state index in [1.807, 2.05) is 32.9 Å². The first-order chi connectivity index (χ1) is 18.0. The number of nitrogens with zero attached hydrogens (tertiary/aromatic N) is 2. The van der Waals surface area contributed by atoms with E-state index in [0.29, 0.717) is 55.4 Å². The molecule has 0 spiro atoms. The predicted molar refractivity (Wildman–Crippen MR) is 136 cm³/mol. The topological polar surface area (TPSA) is 82.8 Å². The maximum Gasteiger partial charge on any atom is 0.416 e. The van der Waals surface area contributed by atoms with Gasteiger partial charge in [-0.05, 0) is 69.4 Å². The molecule has 0 radical (unpaired) electrons. The first kappa shape index (κ1) is 28.9. The lowest BCUT2D eigenvalue weighted by molar-refractivity contribution is -0.138. The highest BCUT2D eigenvalue weighted by atomic mass is 19.4. The van der Waals surface area contributed by atoms with Crippen molar-refractivity contribution >= 4 is 5.97 Å². The highest BCUT2D eigenvalue weighted by Crippen LogP contribution is 2.30. The number of benzene rings is 2. The minimum Gasteiger partial charge on any atom is -0.491 e. The first-order valence-corrected chi connectivity index (χ1v) is 12.5. The van der Waals surface area contributed by atoms with E-state index in [4.69, 9.17) is 19.3 Å². The summed E-state index contributed by atoms with van der Waals surface area (Å²) in [6, 6.07) is 12.2. The van der Waals surface area contributed by atoms with Crippen molar-refractivity contribution in [1.29, 1.82) is 0 Å². The summed E-state index contributed by atoms with van der Waals surface area (Å²) in [7, 11) is 0. The number of alkyl halides is 3. The van der Waals surface area contributed by atoms with Gasteiger partial charge in [-0.1, -0.05) is 18.2 Å². The Morgan fingerprint density at radius 1 is 1.05 bits per heavy atom. The molecule has 0 bridgehead atoms. The third-order valence-corrected chi connectivity index (χ3v) is 5.66. The Kier molecular flexibility index (Phi) is 10.0. The number of halogens is 3. The lowest BCUT2D eigenvalue weighted by Crippen LogP contribution is -2.07. The van der Waals surface area contributed by atoms with Gasteiger partial charge in [0.15, 0.2) is 0 Å². The third-order valence-electron chi connectivity index (χ3n) is 5.66. The first-order valence-electron chi connectivity index (χ1n) is 12.5. The molecule has 0 unspecified atom stereocenters. The number of rotatable bonds is 14. The molecule has 3 rings (SSSR count). The maximum atomic E-state index is 12.8. The zero-order valence-electron chi connectivity index (χ0n) is 21.8. The summed E-state index contributed by atoms with van der Waals surface area (Å²) >= 11 is 0. The summed E-state index contributed by atoms with van der Waals surface area (Å²) in [6.45, 7) is 6.88. The highest BCUT2D eigenvalue weighted by molar-refractivity contribution is 5.67. The zero-order valence-corrected chi connectivity index (χ0v) is 21.8. The molecule has 0 atom stereocenters. The normalized spacial score (nSPS) is 11.6. The van der Waals surface area contributed by atoms with Gasteiger partial charge in [0.1, 0.15) is 18.1 Å². The molecule has 7 nitrogen and oxygen atoms in total. The van der Waals surface area contributed by atoms with Gasteiger partial charge >= 0.3 is 12.1 Å². The van der Waals surface area contributed by atoms with Crippen LogP contribution >= 0.6 is 0 Å². The number of carbonyl (C=O) groups is 1. The van der Waals surface area contributed by atoms with Crippen molar-refractivity contribution < 1.29 is 37.3 Å². The molecule has 0 fully saturated rings. The van der Waals surface area contributed by atoms with Crippen LogP contribution in [0.2, 0.25) is 0 Å². The maximum absolute atomic E-state index is 12.8. The van der Waals surface area contributed by atoms with Crippen molar-refractivity contribution in [3.8, 4) is 17.4 Å². The van der Waals surface area contributed by atoms with Crippen LogP contribution in [0, 0.1) is 0 Å². The molecule has 10 heteroatoms. The molecule has 1 aromatic heterocycles. The van der Waals surface area contributed by atoms with Crippen LogP contribution < -0.4 is 14.2 Å². The summed E-state index contributed by atoms with van der Waals surface area (Å²) in [4.78, 5) is 10.9. The summed E-state index contributed by atoms with van der Waals surface area (Å²) in [6.07, 6.45) is -2.72. The van der Waals surface area contributed by atoms with Gasteiger partial charge in [-0.25, -0.2) is 0 Å². The van der Waals surface area contributed by atoms with E-state index < -0.39 is 17.7 Å². The average molecular weight is 535 g/mol. The second-order valence-corrected chi connectivity index (χ2v) is 9.05. The van der Waals surface area contributed by atoms with Gasteiger partial charge in [-0.3, -0.25) is 9.48 Å². The lowest BCUT2D eigenvalue weighted by atomic mass is 10.1. The van der Waals surface area contributed by atoms with E-state index in [-0.39, 0.29) is 19.1 Å². The molecule has 38 heavy (non-hydrogen) atoms. The monoisotopic (exact) mass is 534 g/mol. The molecule has 2 aromatic carbocycles. The number of ether oxygens (including phenoxy) is 3. The molecular formula is C28H33F3N2O5. The Labute approximate surface area is 220 Å². The van der Waals surface area contributed by atoms with E-state index in [9.17, 15) is 18.0 Å². The standard InChI is InChI=1S/C28H33F3N2O5/c1-4-33-23(12-14-27(34)35)16-26(32-33)36-15-5-6-21-9-13-24(38-19(2)3)17-25(21)37-18-20-7-10-22(11-8-20)28(29,30)31/h7-11,13,16-17,19H,4-6,12,14-15,18H2,1-3H3,(H,34,35). The number of aliphatic carboxylic acids is 1. The van der Waals surface area contributed by atoms with Crippen LogP contribution in [-0.4, -0.2) is 33.6 Å². The summed E-state index contributed by atoms with van der Waals surface area (Å²) in [5.41, 5.74) is 1.64. The summed E-state index contributed by atoms with van der Waals surface area (Å²) in [5, 5.41) is 13.3. The highest BCUT2D eigenvalue weighted by Gasteiger charge is 2.29. The van der Waals surface area contributed by atoms with Crippen molar-refractivity contribution in [3.05, 3.63) is 70.9 Å². The molecule has 3 aromatic rings. The Morgan fingerprint density at radius 2 is 1.79 bits per heavy atom. The van der Waals surface area contributed by atoms with Gasteiger partial charge in [0.2, 0.25) is 5.88 Å². The predicted octanol–water partition coefficient (Wildman–Crippen LogP) is 6.32. The molecule has 1 heterocycles. The Hall–Kier alpha value is -3.69. The van der Waals surface area contributed by atoms with Crippen molar-refractivity contribution in [1.82, 2.24) is 9.78 Å². The van der Waals surface area contributed by atoms with Crippen LogP contribution in [0.25, 0.3) is 0 Å². The molecule has 0 aliphatic rings. The van der Waals surface area contributed by atoms with Crippen LogP contribution in [0.4, 0.5) is 13.2 Å². The van der Waals surface area contributed by atoms with Crippen molar-refractivity contribution in [2.45, 2.75) is 71.9 Å². The largest absolute Gasteiger partial charge is 0.491 e. The molecule has 0 aliphatic carbocycles. The molecule has 0 aliphatic heterocycles. The average Bonchev–Trinajstić information content (AvgIpc) is 3.26. The van der Waals surface area contributed by atoms with Crippen LogP contribution in [0.3, 0.4) is 0 Å². The zero-order chi connectivity index (χ0) is 27.7. The van der Waals surface area contributed by atoms with Gasteiger partial charge in [-0.15, -0.1) is 5.10 Å². The fraction of sp³-hybridized carbons (Fsp3) is 0.429. The van der Waals surface area contributed by atoms with Gasteiger partial charge < -0.3 is 19.3 Å². The van der Waals surface area contributed by atoms with E-state index in [0.717, 1.165) is 23.4 Å². The summed E-state index contributed by atoms with van der Waals surface area (Å²) < 4.78 is 57.9. The van der Waals surface area contributed by atoms with Crippen LogP contribution in [-0.2, 0) is 37.0 Å². The minimum absolute atomic E-state index is 0.0247. The van der Waals surface area contributed by atoms with E-state index in [1.54, 1.807) is 16.8 Å². The molecule has 0 amide bonds. The second kappa shape index (κ2) is 13.2. The van der Waals surface area contributed by atoms with Crippen LogP contribution in [0.15, 0.2) is 48.5 Å². The van der Waals surface area contributed by atoms with E-state index in [2.05, 4.69) is 5.10 Å². The smallest absolute Gasteiger partial charge is 0.416 e. The fourth-order valence-electron chi connectivity index (χ4n) is 3.82. The quantitative estimate of drug-likeness (QED) is 0.244. The Balaban J connectivity index is 1.62. The van der Waals surface area contributed by atoms with Crippen molar-refractivity contribution in [2.24, 2.45) is 0 Å². The number of hydrogen-bond acceptors (Lipinski definition) is 5. The molecule has 0 saturated carbocycles. The number of carboxylic acids is 1. The van der Waals surface area contributed by atoms with E-state index in [1.165, 1.54) is 12.1 Å². The number of aryl methyl sites for hydroxylation is 3. The summed E-state index contributed by atoms with van der Waals surface area (Å²) in [5.74, 6) is 0.819. The van der Waals surface area contributed by atoms with Gasteiger partial charge in [0.05, 0.1) is 24.7 Å². The number of hydrogen-bond donors (Lipinski definition) is 1. The van der Waals surface area contributed by atoms with E-state index >= 15 is 0 Å². The van der Waals surface area contributed by atoms with Crippen LogP contribution in [0.5, 0.6) is 17.4 Å². The number of carboxylic acid groups (broad SMARTS) is 1. The lowest BCUT2D eigenvalue weighted by Gasteiger charge is -2.16. The van der Waals surface area contributed by atoms with Gasteiger partial charge in [-0.2, -0.15) is 13.2 Å². The molecule has 0 saturated heterocycles. The SMILES string of the molecule is CCn1nc(OCCCc2ccc(OC(C)C)cc2OCc2ccc(C(F)(F)F)cc2)cc1CCC(=O)O. The molecule has 206 valence electrons. The Bertz CT molecular complexity index is 1190. The molecule has 1 N–H and O–H groups in total. The Morgan fingerprint density at radius 3 is 2.42 bits per heavy atom. The van der Waals surface area contributed by atoms with Crippen molar-refractivity contribution in [3.63, 3.8) is 0 Å². The van der Waals surface area contributed by atoms with Crippen LogP contribution in [0.1, 0.15) is 56.0 Å². The fourth-order valence-corrected chi connectivity index (χ4v) is 3.82. The van der Waals surface area contributed by atoms with Crippen molar-refractivity contribution in [2.75, 3.05) is 6.61 Å². The van der Waals surface area contributed by atoms with Gasteiger partial charge in [0, 0.05) is 24.4 Å².